The van der Waals surface area contributed by atoms with Crippen LogP contribution in [0.25, 0.3) is 0 Å². The number of esters is 1. The quantitative estimate of drug-likeness (QED) is 0.616. The zero-order valence-electron chi connectivity index (χ0n) is 10.8. The number of pyridine rings is 1. The summed E-state index contributed by atoms with van der Waals surface area (Å²) in [5, 5.41) is 0.541. The van der Waals surface area contributed by atoms with E-state index < -0.39 is 11.5 Å². The number of aromatic nitrogens is 1. The molecule has 1 aromatic heterocycles. The molecule has 0 spiro atoms. The number of halogens is 1. The number of nitrogens with zero attached hydrogens (tertiary/aromatic N) is 2. The predicted octanol–water partition coefficient (Wildman–Crippen LogP) is 2.35. The van der Waals surface area contributed by atoms with Gasteiger partial charge in [-0.1, -0.05) is 11.6 Å². The fourth-order valence-corrected chi connectivity index (χ4v) is 1.72. The first kappa shape index (κ1) is 13.5. The minimum absolute atomic E-state index is 0.336. The van der Waals surface area contributed by atoms with Crippen LogP contribution in [0.15, 0.2) is 35.2 Å². The van der Waals surface area contributed by atoms with Crippen molar-refractivity contribution in [3.05, 3.63) is 40.9 Å². The third-order valence-corrected chi connectivity index (χ3v) is 2.82. The van der Waals surface area contributed by atoms with Gasteiger partial charge in [0, 0.05) is 11.2 Å². The summed E-state index contributed by atoms with van der Waals surface area (Å²) < 4.78 is 10.2. The Hall–Kier alpha value is -1.88. The van der Waals surface area contributed by atoms with E-state index >= 15 is 0 Å². The Morgan fingerprint density at radius 1 is 1.53 bits per heavy atom. The van der Waals surface area contributed by atoms with Gasteiger partial charge in [0.2, 0.25) is 5.90 Å². The third kappa shape index (κ3) is 2.93. The first-order valence-corrected chi connectivity index (χ1v) is 6.00. The number of carbonyl (C=O) groups excluding carboxylic acids is 1. The van der Waals surface area contributed by atoms with Crippen molar-refractivity contribution in [2.45, 2.75) is 19.4 Å². The molecule has 0 saturated heterocycles. The molecular formula is C13H13ClN2O3. The summed E-state index contributed by atoms with van der Waals surface area (Å²) in [6.45, 7) is 3.67. The fourth-order valence-electron chi connectivity index (χ4n) is 1.56. The van der Waals surface area contributed by atoms with Crippen LogP contribution in [0.5, 0.6) is 0 Å². The summed E-state index contributed by atoms with van der Waals surface area (Å²) >= 11 is 5.90. The molecule has 2 rings (SSSR count). The van der Waals surface area contributed by atoms with Gasteiger partial charge in [0.25, 0.3) is 0 Å². The molecule has 5 nitrogen and oxygen atoms in total. The normalized spacial score (nSPS) is 18.9. The average Bonchev–Trinajstić information content (AvgIpc) is 2.65. The van der Waals surface area contributed by atoms with Gasteiger partial charge in [-0.15, -0.1) is 0 Å². The molecule has 0 amide bonds. The van der Waals surface area contributed by atoms with E-state index in [1.165, 1.54) is 13.2 Å². The predicted molar refractivity (Wildman–Crippen MR) is 71.0 cm³/mol. The Balaban J connectivity index is 2.32. The van der Waals surface area contributed by atoms with E-state index in [2.05, 4.69) is 14.7 Å². The van der Waals surface area contributed by atoms with E-state index in [4.69, 9.17) is 16.3 Å². The Kier molecular flexibility index (Phi) is 3.57. The number of hydrogen-bond donors (Lipinski definition) is 0. The van der Waals surface area contributed by atoms with Gasteiger partial charge in [0.15, 0.2) is 0 Å². The second-order valence-corrected chi connectivity index (χ2v) is 4.91. The summed E-state index contributed by atoms with van der Waals surface area (Å²) in [5.41, 5.74) is -0.123. The van der Waals surface area contributed by atoms with Crippen molar-refractivity contribution in [3.8, 4) is 0 Å². The van der Waals surface area contributed by atoms with Crippen LogP contribution in [-0.2, 0) is 14.3 Å². The molecule has 0 atom stereocenters. The monoisotopic (exact) mass is 280 g/mol. The SMILES string of the molecule is COC(=O)/C=C1/OC(c2cc(Cl)ccn2)=NC1(C)C. The molecule has 1 aliphatic rings. The van der Waals surface area contributed by atoms with Crippen LogP contribution in [0.1, 0.15) is 19.5 Å². The van der Waals surface area contributed by atoms with Crippen molar-refractivity contribution >= 4 is 23.5 Å². The van der Waals surface area contributed by atoms with E-state index in [-0.39, 0.29) is 0 Å². The number of ether oxygens (including phenoxy) is 2. The van der Waals surface area contributed by atoms with Crippen LogP contribution in [0.4, 0.5) is 0 Å². The second kappa shape index (κ2) is 5.01. The number of carbonyl (C=O) groups is 1. The first-order chi connectivity index (χ1) is 8.92. The maximum atomic E-state index is 11.3. The van der Waals surface area contributed by atoms with E-state index in [1.54, 1.807) is 18.3 Å². The molecule has 0 N–H and O–H groups in total. The molecule has 100 valence electrons. The highest BCUT2D eigenvalue weighted by atomic mass is 35.5. The number of hydrogen-bond acceptors (Lipinski definition) is 5. The zero-order chi connectivity index (χ0) is 14.0. The topological polar surface area (TPSA) is 60.8 Å². The second-order valence-electron chi connectivity index (χ2n) is 4.47. The molecule has 0 fully saturated rings. The maximum absolute atomic E-state index is 11.3. The molecule has 0 unspecified atom stereocenters. The molecule has 19 heavy (non-hydrogen) atoms. The van der Waals surface area contributed by atoms with Crippen LogP contribution in [0, 0.1) is 0 Å². The minimum atomic E-state index is -0.645. The highest BCUT2D eigenvalue weighted by Crippen LogP contribution is 2.30. The van der Waals surface area contributed by atoms with Crippen molar-refractivity contribution in [1.29, 1.82) is 0 Å². The fraction of sp³-hybridized carbons (Fsp3) is 0.308. The van der Waals surface area contributed by atoms with Crippen LogP contribution < -0.4 is 0 Å². The Morgan fingerprint density at radius 2 is 2.26 bits per heavy atom. The lowest BCUT2D eigenvalue weighted by Crippen LogP contribution is -2.17. The number of methoxy groups -OCH3 is 1. The first-order valence-electron chi connectivity index (χ1n) is 5.62. The van der Waals surface area contributed by atoms with Crippen molar-refractivity contribution < 1.29 is 14.3 Å². The lowest BCUT2D eigenvalue weighted by atomic mass is 10.0. The van der Waals surface area contributed by atoms with Gasteiger partial charge in [0.05, 0.1) is 13.2 Å². The summed E-state index contributed by atoms with van der Waals surface area (Å²) in [6, 6.07) is 3.31. The van der Waals surface area contributed by atoms with Crippen molar-refractivity contribution in [2.75, 3.05) is 7.11 Å². The van der Waals surface area contributed by atoms with Gasteiger partial charge in [-0.25, -0.2) is 9.79 Å². The van der Waals surface area contributed by atoms with Crippen LogP contribution >= 0.6 is 11.6 Å². The highest BCUT2D eigenvalue weighted by molar-refractivity contribution is 6.30. The van der Waals surface area contributed by atoms with E-state index in [1.807, 2.05) is 13.8 Å². The van der Waals surface area contributed by atoms with E-state index in [9.17, 15) is 4.79 Å². The molecule has 2 heterocycles. The molecule has 0 bridgehead atoms. The molecule has 6 heteroatoms. The molecule has 0 saturated carbocycles. The van der Waals surface area contributed by atoms with Crippen LogP contribution in [0.3, 0.4) is 0 Å². The maximum Gasteiger partial charge on any atom is 0.333 e. The average molecular weight is 281 g/mol. The van der Waals surface area contributed by atoms with Gasteiger partial charge < -0.3 is 9.47 Å². The lowest BCUT2D eigenvalue weighted by molar-refractivity contribution is -0.135. The van der Waals surface area contributed by atoms with Crippen molar-refractivity contribution in [2.24, 2.45) is 4.99 Å². The van der Waals surface area contributed by atoms with Crippen molar-refractivity contribution in [1.82, 2.24) is 4.98 Å². The van der Waals surface area contributed by atoms with Gasteiger partial charge in [-0.05, 0) is 26.0 Å². The summed E-state index contributed by atoms with van der Waals surface area (Å²) in [6.07, 6.45) is 2.85. The lowest BCUT2D eigenvalue weighted by Gasteiger charge is -2.13. The molecule has 0 aromatic carbocycles. The van der Waals surface area contributed by atoms with Gasteiger partial charge in [0.1, 0.15) is 17.0 Å². The standard InChI is InChI=1S/C13H13ClN2O3/c1-13(2)10(7-11(17)18-3)19-12(16-13)9-6-8(14)4-5-15-9/h4-7H,1-3H3/b10-7+. The number of rotatable bonds is 2. The summed E-state index contributed by atoms with van der Waals surface area (Å²) in [5.74, 6) is 0.261. The number of aliphatic imine (C=N–C) groups is 1. The Labute approximate surface area is 115 Å². The largest absolute Gasteiger partial charge is 0.466 e. The smallest absolute Gasteiger partial charge is 0.333 e. The highest BCUT2D eigenvalue weighted by Gasteiger charge is 2.34. The van der Waals surface area contributed by atoms with Crippen LogP contribution in [0.2, 0.25) is 5.02 Å². The Bertz CT molecular complexity index is 579. The van der Waals surface area contributed by atoms with Crippen molar-refractivity contribution in [3.63, 3.8) is 0 Å². The summed E-state index contributed by atoms with van der Waals surface area (Å²) in [4.78, 5) is 19.8. The summed E-state index contributed by atoms with van der Waals surface area (Å²) in [7, 11) is 1.31. The van der Waals surface area contributed by atoms with E-state index in [0.717, 1.165) is 0 Å². The van der Waals surface area contributed by atoms with Gasteiger partial charge in [-0.2, -0.15) is 0 Å². The molecule has 0 radical (unpaired) electrons. The molecule has 1 aromatic rings. The minimum Gasteiger partial charge on any atom is -0.466 e. The Morgan fingerprint density at radius 3 is 2.89 bits per heavy atom. The third-order valence-electron chi connectivity index (χ3n) is 2.58. The van der Waals surface area contributed by atoms with Crippen LogP contribution in [-0.4, -0.2) is 29.5 Å². The zero-order valence-corrected chi connectivity index (χ0v) is 11.6. The van der Waals surface area contributed by atoms with E-state index in [0.29, 0.717) is 22.4 Å². The van der Waals surface area contributed by atoms with Gasteiger partial charge in [-0.3, -0.25) is 4.98 Å². The molecular weight excluding hydrogens is 268 g/mol. The molecule has 1 aliphatic heterocycles. The van der Waals surface area contributed by atoms with Gasteiger partial charge >= 0.3 is 5.97 Å². The molecule has 0 aliphatic carbocycles.